The van der Waals surface area contributed by atoms with Gasteiger partial charge in [0.2, 0.25) is 0 Å². The maximum Gasteiger partial charge on any atom is 0.412 e. The molecule has 0 spiro atoms. The molecule has 4 aromatic carbocycles. The number of ether oxygens (including phenoxy) is 1. The van der Waals surface area contributed by atoms with Crippen molar-refractivity contribution in [2.75, 3.05) is 16.4 Å². The fourth-order valence-corrected chi connectivity index (χ4v) is 4.03. The molecule has 6 nitrogen and oxygen atoms in total. The quantitative estimate of drug-likeness (QED) is 0.189. The lowest BCUT2D eigenvalue weighted by molar-refractivity contribution is 0.155. The summed E-state index contributed by atoms with van der Waals surface area (Å²) in [4.78, 5) is 17.0. The van der Waals surface area contributed by atoms with E-state index in [0.29, 0.717) is 16.4 Å². The van der Waals surface area contributed by atoms with E-state index in [9.17, 15) is 4.79 Å². The summed E-state index contributed by atoms with van der Waals surface area (Å²) in [5.74, 6) is 0. The van der Waals surface area contributed by atoms with Crippen LogP contribution in [0, 0.1) is 0 Å². The summed E-state index contributed by atoms with van der Waals surface area (Å²) in [6.07, 6.45) is -0.601. The summed E-state index contributed by atoms with van der Waals surface area (Å²) in [5.41, 5.74) is 11.5. The van der Waals surface area contributed by atoms with Gasteiger partial charge in [0.25, 0.3) is 0 Å². The highest BCUT2D eigenvalue weighted by Crippen LogP contribution is 2.33. The molecular formula is C27H21ClN4O2. The van der Waals surface area contributed by atoms with Crippen molar-refractivity contribution < 1.29 is 9.53 Å². The number of carbonyl (C=O) groups excluding carboxylic acids is 1. The number of fused-ring (bicyclic) bond motifs is 2. The Bertz CT molecular complexity index is 1470. The molecule has 0 saturated carbocycles. The molecule has 1 amide bonds. The number of hydrogen-bond acceptors (Lipinski definition) is 5. The molecule has 0 saturated heterocycles. The van der Waals surface area contributed by atoms with Crippen LogP contribution < -0.4 is 16.4 Å². The van der Waals surface area contributed by atoms with Crippen molar-refractivity contribution in [3.05, 3.63) is 102 Å². The van der Waals surface area contributed by atoms with E-state index in [4.69, 9.17) is 27.1 Å². The molecule has 0 fully saturated rings. The highest BCUT2D eigenvalue weighted by Gasteiger charge is 2.11. The summed E-state index contributed by atoms with van der Waals surface area (Å²) in [5, 5.41) is 8.59. The van der Waals surface area contributed by atoms with Crippen molar-refractivity contribution in [1.29, 1.82) is 0 Å². The van der Waals surface area contributed by atoms with Crippen molar-refractivity contribution in [2.45, 2.75) is 6.61 Å². The van der Waals surface area contributed by atoms with E-state index in [0.717, 1.165) is 38.7 Å². The number of rotatable bonds is 5. The number of para-hydroxylation sites is 3. The molecule has 0 radical (unpaired) electrons. The maximum atomic E-state index is 12.2. The van der Waals surface area contributed by atoms with Crippen LogP contribution in [-0.4, -0.2) is 11.1 Å². The molecule has 0 aliphatic carbocycles. The molecule has 4 N–H and O–H groups in total. The predicted molar refractivity (Wildman–Crippen MR) is 139 cm³/mol. The number of nitrogens with one attached hydrogen (secondary N) is 2. The van der Waals surface area contributed by atoms with Crippen LogP contribution in [0.25, 0.3) is 21.8 Å². The van der Waals surface area contributed by atoms with Crippen molar-refractivity contribution in [3.63, 3.8) is 0 Å². The monoisotopic (exact) mass is 468 g/mol. The first kappa shape index (κ1) is 21.6. The molecule has 0 unspecified atom stereocenters. The van der Waals surface area contributed by atoms with Crippen molar-refractivity contribution >= 4 is 62.2 Å². The SMILES string of the molecule is Nc1cc(COC(=O)Nc2ccccc2Cl)cc(Nc2c3ccccc3nc3ccccc23)c1. The highest BCUT2D eigenvalue weighted by molar-refractivity contribution is 6.33. The Morgan fingerprint density at radius 1 is 0.882 bits per heavy atom. The van der Waals surface area contributed by atoms with E-state index in [1.807, 2.05) is 60.7 Å². The minimum absolute atomic E-state index is 0.0495. The number of nitrogen functional groups attached to an aromatic ring is 1. The van der Waals surface area contributed by atoms with Gasteiger partial charge in [-0.25, -0.2) is 9.78 Å². The highest BCUT2D eigenvalue weighted by atomic mass is 35.5. The number of benzene rings is 4. The molecule has 0 atom stereocenters. The predicted octanol–water partition coefficient (Wildman–Crippen LogP) is 7.12. The minimum atomic E-state index is -0.601. The molecule has 34 heavy (non-hydrogen) atoms. The Labute approximate surface area is 201 Å². The molecule has 1 aromatic heterocycles. The first-order valence-electron chi connectivity index (χ1n) is 10.7. The lowest BCUT2D eigenvalue weighted by Gasteiger charge is -2.15. The third-order valence-electron chi connectivity index (χ3n) is 5.35. The zero-order valence-electron chi connectivity index (χ0n) is 18.1. The number of amides is 1. The van der Waals surface area contributed by atoms with Crippen molar-refractivity contribution in [3.8, 4) is 0 Å². The fraction of sp³-hybridized carbons (Fsp3) is 0.0370. The molecule has 0 aliphatic rings. The first-order chi connectivity index (χ1) is 16.6. The number of nitrogens with two attached hydrogens (primary N) is 1. The van der Waals surface area contributed by atoms with Crippen LogP contribution in [0.5, 0.6) is 0 Å². The normalized spacial score (nSPS) is 10.9. The van der Waals surface area contributed by atoms with E-state index >= 15 is 0 Å². The van der Waals surface area contributed by atoms with Crippen molar-refractivity contribution in [2.24, 2.45) is 0 Å². The minimum Gasteiger partial charge on any atom is -0.444 e. The van der Waals surface area contributed by atoms with E-state index in [2.05, 4.69) is 10.6 Å². The fourth-order valence-electron chi connectivity index (χ4n) is 3.85. The van der Waals surface area contributed by atoms with Gasteiger partial charge in [-0.1, -0.05) is 60.1 Å². The number of carbonyl (C=O) groups is 1. The third-order valence-corrected chi connectivity index (χ3v) is 5.68. The Morgan fingerprint density at radius 3 is 2.24 bits per heavy atom. The Balaban J connectivity index is 1.40. The van der Waals surface area contributed by atoms with Crippen LogP contribution in [0.15, 0.2) is 91.0 Å². The van der Waals surface area contributed by atoms with Gasteiger partial charge in [0.1, 0.15) is 6.61 Å². The van der Waals surface area contributed by atoms with Gasteiger partial charge in [0.15, 0.2) is 0 Å². The second-order valence-electron chi connectivity index (χ2n) is 7.79. The Morgan fingerprint density at radius 2 is 1.53 bits per heavy atom. The average molecular weight is 469 g/mol. The molecule has 7 heteroatoms. The van der Waals surface area contributed by atoms with Crippen LogP contribution >= 0.6 is 11.6 Å². The molecule has 168 valence electrons. The Hall–Kier alpha value is -4.29. The smallest absolute Gasteiger partial charge is 0.412 e. The van der Waals surface area contributed by atoms with Gasteiger partial charge < -0.3 is 15.8 Å². The standard InChI is InChI=1S/C27H21ClN4O2/c28-22-9-3-6-12-25(22)32-27(33)34-16-17-13-18(29)15-19(14-17)30-26-20-7-1-4-10-23(20)31-24-11-5-2-8-21(24)26/h1-15H,16,29H2,(H,30,31)(H,32,33). The number of aromatic nitrogens is 1. The summed E-state index contributed by atoms with van der Waals surface area (Å²) in [7, 11) is 0. The van der Waals surface area contributed by atoms with Crippen LogP contribution in [0.4, 0.5) is 27.5 Å². The largest absolute Gasteiger partial charge is 0.444 e. The van der Waals surface area contributed by atoms with Crippen LogP contribution in [-0.2, 0) is 11.3 Å². The molecule has 5 rings (SSSR count). The molecule has 0 bridgehead atoms. The van der Waals surface area contributed by atoms with Crippen LogP contribution in [0.1, 0.15) is 5.56 Å². The molecule has 0 aliphatic heterocycles. The maximum absolute atomic E-state index is 12.2. The second kappa shape index (κ2) is 9.29. The topological polar surface area (TPSA) is 89.3 Å². The van der Waals surface area contributed by atoms with Gasteiger partial charge in [0.05, 0.1) is 27.4 Å². The van der Waals surface area contributed by atoms with Crippen molar-refractivity contribution in [1.82, 2.24) is 4.98 Å². The number of anilines is 4. The number of nitrogens with zero attached hydrogens (tertiary/aromatic N) is 1. The van der Waals surface area contributed by atoms with Crippen LogP contribution in [0.3, 0.4) is 0 Å². The van der Waals surface area contributed by atoms with E-state index in [-0.39, 0.29) is 6.61 Å². The number of halogens is 1. The summed E-state index contributed by atoms with van der Waals surface area (Å²) >= 11 is 6.09. The first-order valence-corrected chi connectivity index (χ1v) is 11.1. The van der Waals surface area contributed by atoms with E-state index < -0.39 is 6.09 Å². The van der Waals surface area contributed by atoms with E-state index in [1.54, 1.807) is 30.3 Å². The second-order valence-corrected chi connectivity index (χ2v) is 8.20. The molecular weight excluding hydrogens is 448 g/mol. The number of hydrogen-bond donors (Lipinski definition) is 3. The average Bonchev–Trinajstić information content (AvgIpc) is 2.84. The van der Waals surface area contributed by atoms with Gasteiger partial charge in [-0.3, -0.25) is 5.32 Å². The van der Waals surface area contributed by atoms with Gasteiger partial charge in [0, 0.05) is 22.1 Å². The summed E-state index contributed by atoms with van der Waals surface area (Å²) < 4.78 is 5.39. The third kappa shape index (κ3) is 4.58. The van der Waals surface area contributed by atoms with E-state index in [1.165, 1.54) is 0 Å². The lowest BCUT2D eigenvalue weighted by Crippen LogP contribution is -2.14. The lowest BCUT2D eigenvalue weighted by atomic mass is 10.1. The van der Waals surface area contributed by atoms with Gasteiger partial charge in [-0.05, 0) is 48.0 Å². The van der Waals surface area contributed by atoms with Gasteiger partial charge >= 0.3 is 6.09 Å². The Kier molecular flexibility index (Phi) is 5.89. The summed E-state index contributed by atoms with van der Waals surface area (Å²) in [6, 6.07) is 28.5. The van der Waals surface area contributed by atoms with Gasteiger partial charge in [-0.2, -0.15) is 0 Å². The number of pyridine rings is 1. The zero-order valence-corrected chi connectivity index (χ0v) is 18.8. The summed E-state index contributed by atoms with van der Waals surface area (Å²) in [6.45, 7) is 0.0495. The molecule has 5 aromatic rings. The van der Waals surface area contributed by atoms with Crippen LogP contribution in [0.2, 0.25) is 5.02 Å². The van der Waals surface area contributed by atoms with Gasteiger partial charge in [-0.15, -0.1) is 0 Å². The molecule has 1 heterocycles. The zero-order chi connectivity index (χ0) is 23.5.